The summed E-state index contributed by atoms with van der Waals surface area (Å²) < 4.78 is 26.6. The van der Waals surface area contributed by atoms with Gasteiger partial charge in [-0.2, -0.15) is 5.10 Å². The molecule has 0 radical (unpaired) electrons. The lowest BCUT2D eigenvalue weighted by atomic mass is 9.94. The molecule has 206 valence electrons. The standard InChI is InChI=1S/C31H31F2N5O2/c32-24-5-1-20(2-6-24)21-12-15-38(16-13-21)29(39)19-37-14-11-23(18-37)31(40)34-26-9-10-28-27(17-26)30(36-35-28)22-3-7-25(33)8-4-22/h1-3,5-10,12,17,22-23H,4,11,13-16,18-19H2,(H,34,40)(H,35,36)/t22?,23-/m1/s1. The van der Waals surface area contributed by atoms with Gasteiger partial charge in [0.15, 0.2) is 0 Å². The van der Waals surface area contributed by atoms with Crippen LogP contribution in [-0.2, 0) is 9.59 Å². The Morgan fingerprint density at radius 2 is 1.93 bits per heavy atom. The Morgan fingerprint density at radius 3 is 2.67 bits per heavy atom. The molecule has 2 atom stereocenters. The first-order valence-electron chi connectivity index (χ1n) is 13.7. The molecule has 7 nitrogen and oxygen atoms in total. The van der Waals surface area contributed by atoms with Crippen molar-refractivity contribution in [1.82, 2.24) is 20.0 Å². The van der Waals surface area contributed by atoms with E-state index in [1.54, 1.807) is 18.2 Å². The number of aromatic amines is 1. The van der Waals surface area contributed by atoms with Crippen LogP contribution in [0.1, 0.15) is 36.4 Å². The van der Waals surface area contributed by atoms with E-state index in [-0.39, 0.29) is 41.8 Å². The van der Waals surface area contributed by atoms with E-state index in [4.69, 9.17) is 0 Å². The summed E-state index contributed by atoms with van der Waals surface area (Å²) in [5, 5.41) is 11.4. The third-order valence-electron chi connectivity index (χ3n) is 8.04. The summed E-state index contributed by atoms with van der Waals surface area (Å²) in [6.45, 7) is 2.67. The normalized spacial score (nSPS) is 21.4. The molecule has 1 unspecified atom stereocenters. The fraction of sp³-hybridized carbons (Fsp3) is 0.323. The van der Waals surface area contributed by atoms with Gasteiger partial charge >= 0.3 is 0 Å². The predicted octanol–water partition coefficient (Wildman–Crippen LogP) is 5.18. The number of H-pyrrole nitrogens is 1. The molecule has 1 aliphatic carbocycles. The monoisotopic (exact) mass is 543 g/mol. The molecule has 9 heteroatoms. The molecule has 2 aromatic carbocycles. The second-order valence-corrected chi connectivity index (χ2v) is 10.7. The zero-order valence-corrected chi connectivity index (χ0v) is 22.1. The number of likely N-dealkylation sites (tertiary alicyclic amines) is 1. The van der Waals surface area contributed by atoms with Crippen molar-refractivity contribution in [2.24, 2.45) is 5.92 Å². The summed E-state index contributed by atoms with van der Waals surface area (Å²) in [6.07, 6.45) is 8.84. The molecule has 0 saturated carbocycles. The number of aromatic nitrogens is 2. The number of nitrogens with one attached hydrogen (secondary N) is 2. The van der Waals surface area contributed by atoms with E-state index in [0.29, 0.717) is 44.7 Å². The van der Waals surface area contributed by atoms with Crippen molar-refractivity contribution in [2.45, 2.75) is 25.2 Å². The van der Waals surface area contributed by atoms with E-state index < -0.39 is 0 Å². The maximum absolute atomic E-state index is 13.4. The van der Waals surface area contributed by atoms with Crippen LogP contribution in [-0.4, -0.2) is 64.5 Å². The van der Waals surface area contributed by atoms with Crippen LogP contribution in [0.3, 0.4) is 0 Å². The quantitative estimate of drug-likeness (QED) is 0.449. The summed E-state index contributed by atoms with van der Waals surface area (Å²) in [5.41, 5.74) is 4.49. The molecule has 1 saturated heterocycles. The lowest BCUT2D eigenvalue weighted by Crippen LogP contribution is -2.41. The minimum atomic E-state index is -0.258. The zero-order valence-electron chi connectivity index (χ0n) is 22.1. The number of rotatable bonds is 6. The van der Waals surface area contributed by atoms with Gasteiger partial charge in [0.05, 0.1) is 23.7 Å². The first kappa shape index (κ1) is 26.1. The highest BCUT2D eigenvalue weighted by Crippen LogP contribution is 2.32. The van der Waals surface area contributed by atoms with E-state index in [0.717, 1.165) is 34.2 Å². The molecule has 2 amide bonds. The topological polar surface area (TPSA) is 81.3 Å². The van der Waals surface area contributed by atoms with E-state index in [9.17, 15) is 18.4 Å². The molecule has 3 aliphatic rings. The maximum Gasteiger partial charge on any atom is 0.237 e. The van der Waals surface area contributed by atoms with Gasteiger partial charge in [-0.25, -0.2) is 8.78 Å². The maximum atomic E-state index is 13.4. The Kier molecular flexibility index (Phi) is 7.30. The van der Waals surface area contributed by atoms with Gasteiger partial charge < -0.3 is 10.2 Å². The Labute approximate surface area is 231 Å². The average Bonchev–Trinajstić information content (AvgIpc) is 3.61. The van der Waals surface area contributed by atoms with Crippen molar-refractivity contribution in [3.8, 4) is 0 Å². The smallest absolute Gasteiger partial charge is 0.237 e. The van der Waals surface area contributed by atoms with Crippen molar-refractivity contribution >= 4 is 34.0 Å². The Balaban J connectivity index is 1.02. The summed E-state index contributed by atoms with van der Waals surface area (Å²) in [6, 6.07) is 12.1. The average molecular weight is 544 g/mol. The number of amides is 2. The summed E-state index contributed by atoms with van der Waals surface area (Å²) in [7, 11) is 0. The second-order valence-electron chi connectivity index (χ2n) is 10.7. The molecule has 0 bridgehead atoms. The fourth-order valence-electron chi connectivity index (χ4n) is 5.74. The molecule has 1 aromatic heterocycles. The molecule has 40 heavy (non-hydrogen) atoms. The molecule has 2 aliphatic heterocycles. The zero-order chi connectivity index (χ0) is 27.6. The number of nitrogens with zero attached hydrogens (tertiary/aromatic N) is 3. The number of benzene rings is 2. The number of allylic oxidation sites excluding steroid dienone is 4. The third-order valence-corrected chi connectivity index (χ3v) is 8.04. The molecule has 3 aromatic rings. The molecule has 3 heterocycles. The highest BCUT2D eigenvalue weighted by Gasteiger charge is 2.31. The Bertz CT molecular complexity index is 1520. The van der Waals surface area contributed by atoms with Crippen LogP contribution >= 0.6 is 0 Å². The highest BCUT2D eigenvalue weighted by molar-refractivity contribution is 5.96. The number of halogens is 2. The SMILES string of the molecule is O=C(Nc1ccc2[nH]nc(C3C=CC(F)=CC3)c2c1)[C@@H]1CCN(CC(=O)N2CC=C(c3ccc(F)cc3)CC2)C1. The molecule has 0 spiro atoms. The van der Waals surface area contributed by atoms with Crippen LogP contribution in [0, 0.1) is 11.7 Å². The van der Waals surface area contributed by atoms with Gasteiger partial charge in [-0.05, 0) is 79.4 Å². The van der Waals surface area contributed by atoms with Gasteiger partial charge in [0.1, 0.15) is 11.6 Å². The van der Waals surface area contributed by atoms with Gasteiger partial charge in [0.25, 0.3) is 0 Å². The molecule has 1 fully saturated rings. The van der Waals surface area contributed by atoms with Crippen LogP contribution in [0.15, 0.2) is 72.6 Å². The lowest BCUT2D eigenvalue weighted by Gasteiger charge is -2.28. The van der Waals surface area contributed by atoms with Gasteiger partial charge in [-0.3, -0.25) is 19.6 Å². The van der Waals surface area contributed by atoms with Crippen LogP contribution in [0.2, 0.25) is 0 Å². The van der Waals surface area contributed by atoms with Crippen molar-refractivity contribution < 1.29 is 18.4 Å². The predicted molar refractivity (Wildman–Crippen MR) is 151 cm³/mol. The van der Waals surface area contributed by atoms with Gasteiger partial charge in [-0.1, -0.05) is 24.3 Å². The lowest BCUT2D eigenvalue weighted by molar-refractivity contribution is -0.132. The van der Waals surface area contributed by atoms with Gasteiger partial charge in [0, 0.05) is 36.6 Å². The minimum Gasteiger partial charge on any atom is -0.338 e. The van der Waals surface area contributed by atoms with Crippen LogP contribution < -0.4 is 5.32 Å². The van der Waals surface area contributed by atoms with Gasteiger partial charge in [-0.15, -0.1) is 0 Å². The number of fused-ring (bicyclic) bond motifs is 1. The van der Waals surface area contributed by atoms with Crippen LogP contribution in [0.25, 0.3) is 16.5 Å². The fourth-order valence-corrected chi connectivity index (χ4v) is 5.74. The van der Waals surface area contributed by atoms with Crippen molar-refractivity contribution in [1.29, 1.82) is 0 Å². The van der Waals surface area contributed by atoms with E-state index in [1.807, 2.05) is 40.2 Å². The van der Waals surface area contributed by atoms with Crippen molar-refractivity contribution in [2.75, 3.05) is 38.0 Å². The van der Waals surface area contributed by atoms with Crippen molar-refractivity contribution in [3.05, 3.63) is 89.7 Å². The summed E-state index contributed by atoms with van der Waals surface area (Å²) >= 11 is 0. The molecular weight excluding hydrogens is 512 g/mol. The summed E-state index contributed by atoms with van der Waals surface area (Å²) in [5.74, 6) is -0.725. The number of hydrogen-bond acceptors (Lipinski definition) is 4. The number of carbonyl (C=O) groups is 2. The van der Waals surface area contributed by atoms with E-state index in [1.165, 1.54) is 18.2 Å². The summed E-state index contributed by atoms with van der Waals surface area (Å²) in [4.78, 5) is 29.9. The van der Waals surface area contributed by atoms with E-state index >= 15 is 0 Å². The first-order chi connectivity index (χ1) is 19.4. The second kappa shape index (κ2) is 11.2. The number of carbonyl (C=O) groups excluding carboxylic acids is 2. The first-order valence-corrected chi connectivity index (χ1v) is 13.7. The van der Waals surface area contributed by atoms with Crippen LogP contribution in [0.5, 0.6) is 0 Å². The molecular formula is C31H31F2N5O2. The molecule has 2 N–H and O–H groups in total. The number of hydrogen-bond donors (Lipinski definition) is 2. The van der Waals surface area contributed by atoms with Gasteiger partial charge in [0.2, 0.25) is 11.8 Å². The third kappa shape index (κ3) is 5.60. The van der Waals surface area contributed by atoms with E-state index in [2.05, 4.69) is 15.5 Å². The number of anilines is 1. The van der Waals surface area contributed by atoms with Crippen molar-refractivity contribution in [3.63, 3.8) is 0 Å². The largest absolute Gasteiger partial charge is 0.338 e. The highest BCUT2D eigenvalue weighted by atomic mass is 19.1. The Morgan fingerprint density at radius 1 is 1.07 bits per heavy atom. The molecule has 6 rings (SSSR count). The van der Waals surface area contributed by atoms with Crippen LogP contribution in [0.4, 0.5) is 14.5 Å². The Hall–Kier alpha value is -4.11. The minimum absolute atomic E-state index is 0.0231.